The SMILES string of the molecule is Cc1cccc(NC(=O)C(=O)CN)c1F. The molecule has 0 radical (unpaired) electrons. The molecule has 0 saturated carbocycles. The van der Waals surface area contributed by atoms with Crippen LogP contribution in [0.4, 0.5) is 10.1 Å². The number of Topliss-reactive ketones (excluding diaryl/α,β-unsaturated/α-hetero) is 1. The number of nitrogens with one attached hydrogen (secondary N) is 1. The summed E-state index contributed by atoms with van der Waals surface area (Å²) >= 11 is 0. The van der Waals surface area contributed by atoms with Crippen LogP contribution in [0.5, 0.6) is 0 Å². The quantitative estimate of drug-likeness (QED) is 0.717. The number of ketones is 1. The van der Waals surface area contributed by atoms with Crippen molar-refractivity contribution in [3.05, 3.63) is 29.6 Å². The summed E-state index contributed by atoms with van der Waals surface area (Å²) in [6, 6.07) is 4.53. The van der Waals surface area contributed by atoms with E-state index in [1.807, 2.05) is 0 Å². The van der Waals surface area contributed by atoms with Gasteiger partial charge in [-0.15, -0.1) is 0 Å². The molecule has 0 saturated heterocycles. The lowest BCUT2D eigenvalue weighted by Crippen LogP contribution is -2.29. The Bertz CT molecular complexity index is 404. The smallest absolute Gasteiger partial charge is 0.293 e. The van der Waals surface area contributed by atoms with Gasteiger partial charge >= 0.3 is 0 Å². The van der Waals surface area contributed by atoms with E-state index in [2.05, 4.69) is 5.32 Å². The highest BCUT2D eigenvalue weighted by molar-refractivity contribution is 6.41. The standard InChI is InChI=1S/C10H11FN2O2/c1-6-3-2-4-7(9(6)11)13-10(15)8(14)5-12/h2-4H,5,12H2,1H3,(H,13,15). The van der Waals surface area contributed by atoms with E-state index in [4.69, 9.17) is 5.73 Å². The van der Waals surface area contributed by atoms with Gasteiger partial charge in [-0.2, -0.15) is 0 Å². The Labute approximate surface area is 86.3 Å². The molecule has 1 aromatic carbocycles. The fourth-order valence-electron chi connectivity index (χ4n) is 1.03. The van der Waals surface area contributed by atoms with Crippen LogP contribution in [0.3, 0.4) is 0 Å². The molecule has 0 bridgehead atoms. The van der Waals surface area contributed by atoms with Crippen molar-refractivity contribution in [3.8, 4) is 0 Å². The number of carbonyl (C=O) groups is 2. The van der Waals surface area contributed by atoms with Crippen LogP contribution in [0, 0.1) is 12.7 Å². The van der Waals surface area contributed by atoms with Crippen LogP contribution in [0.15, 0.2) is 18.2 Å². The van der Waals surface area contributed by atoms with Crippen molar-refractivity contribution in [3.63, 3.8) is 0 Å². The zero-order valence-corrected chi connectivity index (χ0v) is 8.21. The number of aryl methyl sites for hydroxylation is 1. The second kappa shape index (κ2) is 4.65. The number of rotatable bonds is 3. The van der Waals surface area contributed by atoms with Crippen molar-refractivity contribution < 1.29 is 14.0 Å². The maximum absolute atomic E-state index is 13.4. The summed E-state index contributed by atoms with van der Waals surface area (Å²) in [5.74, 6) is -2.23. The lowest BCUT2D eigenvalue weighted by molar-refractivity contribution is -0.133. The first-order valence-electron chi connectivity index (χ1n) is 4.35. The first kappa shape index (κ1) is 11.3. The van der Waals surface area contributed by atoms with E-state index < -0.39 is 17.5 Å². The fourth-order valence-corrected chi connectivity index (χ4v) is 1.03. The van der Waals surface area contributed by atoms with Gasteiger partial charge in [-0.05, 0) is 18.6 Å². The average Bonchev–Trinajstić information content (AvgIpc) is 2.23. The third kappa shape index (κ3) is 2.60. The number of hydrogen-bond donors (Lipinski definition) is 2. The molecule has 1 rings (SSSR count). The fraction of sp³-hybridized carbons (Fsp3) is 0.200. The van der Waals surface area contributed by atoms with Gasteiger partial charge < -0.3 is 11.1 Å². The molecule has 0 unspecified atom stereocenters. The Morgan fingerprint density at radius 3 is 2.73 bits per heavy atom. The molecule has 0 aromatic heterocycles. The molecule has 80 valence electrons. The van der Waals surface area contributed by atoms with Crippen molar-refractivity contribution in [1.82, 2.24) is 0 Å². The van der Waals surface area contributed by atoms with Gasteiger partial charge in [0.15, 0.2) is 0 Å². The molecule has 0 fully saturated rings. The molecule has 0 heterocycles. The van der Waals surface area contributed by atoms with Crippen molar-refractivity contribution in [2.24, 2.45) is 5.73 Å². The molecule has 0 aliphatic carbocycles. The van der Waals surface area contributed by atoms with Crippen molar-refractivity contribution in [1.29, 1.82) is 0 Å². The summed E-state index contributed by atoms with van der Waals surface area (Å²) in [7, 11) is 0. The zero-order chi connectivity index (χ0) is 11.4. The molecule has 0 aliphatic heterocycles. The minimum atomic E-state index is -0.901. The molecule has 1 aromatic rings. The number of anilines is 1. The third-order valence-electron chi connectivity index (χ3n) is 1.88. The molecule has 15 heavy (non-hydrogen) atoms. The maximum atomic E-state index is 13.4. The summed E-state index contributed by atoms with van der Waals surface area (Å²) in [5.41, 5.74) is 5.37. The van der Waals surface area contributed by atoms with Crippen LogP contribution >= 0.6 is 0 Å². The molecule has 4 nitrogen and oxygen atoms in total. The van der Waals surface area contributed by atoms with E-state index in [0.29, 0.717) is 5.56 Å². The van der Waals surface area contributed by atoms with Gasteiger partial charge in [-0.25, -0.2) is 4.39 Å². The largest absolute Gasteiger partial charge is 0.324 e. The Hall–Kier alpha value is -1.75. The van der Waals surface area contributed by atoms with Crippen LogP contribution in [0.2, 0.25) is 0 Å². The van der Waals surface area contributed by atoms with Gasteiger partial charge in [-0.1, -0.05) is 12.1 Å². The van der Waals surface area contributed by atoms with Gasteiger partial charge in [0, 0.05) is 0 Å². The zero-order valence-electron chi connectivity index (χ0n) is 8.21. The van der Waals surface area contributed by atoms with Gasteiger partial charge in [0.25, 0.3) is 5.91 Å². The number of nitrogens with two attached hydrogens (primary N) is 1. The van der Waals surface area contributed by atoms with E-state index in [1.54, 1.807) is 19.1 Å². The monoisotopic (exact) mass is 210 g/mol. The summed E-state index contributed by atoms with van der Waals surface area (Å²) in [6.45, 7) is 1.18. The molecule has 0 atom stereocenters. The molecule has 0 spiro atoms. The second-order valence-corrected chi connectivity index (χ2v) is 3.02. The van der Waals surface area contributed by atoms with Crippen LogP contribution in [0.1, 0.15) is 5.56 Å². The molecule has 0 aliphatic rings. The summed E-state index contributed by atoms with van der Waals surface area (Å²) in [6.07, 6.45) is 0. The lowest BCUT2D eigenvalue weighted by Gasteiger charge is -2.06. The Morgan fingerprint density at radius 2 is 2.13 bits per heavy atom. The highest BCUT2D eigenvalue weighted by Crippen LogP contribution is 2.16. The first-order valence-corrected chi connectivity index (χ1v) is 4.35. The van der Waals surface area contributed by atoms with Crippen LogP contribution in [-0.2, 0) is 9.59 Å². The minimum Gasteiger partial charge on any atom is -0.324 e. The molecule has 3 N–H and O–H groups in total. The topological polar surface area (TPSA) is 72.2 Å². The predicted octanol–water partition coefficient (Wildman–Crippen LogP) is 0.600. The average molecular weight is 210 g/mol. The number of hydrogen-bond acceptors (Lipinski definition) is 3. The van der Waals surface area contributed by atoms with E-state index in [1.165, 1.54) is 6.07 Å². The van der Waals surface area contributed by atoms with Crippen LogP contribution < -0.4 is 11.1 Å². The Kier molecular flexibility index (Phi) is 3.51. The van der Waals surface area contributed by atoms with Crippen molar-refractivity contribution >= 4 is 17.4 Å². The number of benzene rings is 1. The molecular weight excluding hydrogens is 199 g/mol. The number of amides is 1. The Morgan fingerprint density at radius 1 is 1.47 bits per heavy atom. The lowest BCUT2D eigenvalue weighted by atomic mass is 10.2. The molecule has 1 amide bonds. The number of halogens is 1. The third-order valence-corrected chi connectivity index (χ3v) is 1.88. The minimum absolute atomic E-state index is 0.0122. The van der Waals surface area contributed by atoms with Crippen molar-refractivity contribution in [2.45, 2.75) is 6.92 Å². The van der Waals surface area contributed by atoms with E-state index in [9.17, 15) is 14.0 Å². The maximum Gasteiger partial charge on any atom is 0.293 e. The van der Waals surface area contributed by atoms with E-state index >= 15 is 0 Å². The predicted molar refractivity (Wildman–Crippen MR) is 53.8 cm³/mol. The highest BCUT2D eigenvalue weighted by atomic mass is 19.1. The summed E-state index contributed by atoms with van der Waals surface area (Å²) in [5, 5.41) is 2.16. The molecular formula is C10H11FN2O2. The normalized spacial score (nSPS) is 9.80. The van der Waals surface area contributed by atoms with Gasteiger partial charge in [0.1, 0.15) is 5.82 Å². The summed E-state index contributed by atoms with van der Waals surface area (Å²) in [4.78, 5) is 22.0. The summed E-state index contributed by atoms with van der Waals surface area (Å²) < 4.78 is 13.4. The van der Waals surface area contributed by atoms with Crippen LogP contribution in [-0.4, -0.2) is 18.2 Å². The Balaban J connectivity index is 2.86. The van der Waals surface area contributed by atoms with Crippen molar-refractivity contribution in [2.75, 3.05) is 11.9 Å². The highest BCUT2D eigenvalue weighted by Gasteiger charge is 2.14. The van der Waals surface area contributed by atoms with E-state index in [0.717, 1.165) is 0 Å². The van der Waals surface area contributed by atoms with Gasteiger partial charge in [0.2, 0.25) is 5.78 Å². The second-order valence-electron chi connectivity index (χ2n) is 3.02. The van der Waals surface area contributed by atoms with Gasteiger partial charge in [-0.3, -0.25) is 9.59 Å². The number of carbonyl (C=O) groups excluding carboxylic acids is 2. The van der Waals surface area contributed by atoms with Gasteiger partial charge in [0.05, 0.1) is 12.2 Å². The first-order chi connectivity index (χ1) is 7.06. The molecule has 5 heteroatoms. The van der Waals surface area contributed by atoms with E-state index in [-0.39, 0.29) is 12.2 Å². The van der Waals surface area contributed by atoms with Crippen LogP contribution in [0.25, 0.3) is 0 Å².